The zero-order valence-corrected chi connectivity index (χ0v) is 10.2. The Hall–Kier alpha value is -0.670. The fraction of sp³-hybridized carbons (Fsp3) is 0.909. The van der Waals surface area contributed by atoms with Crippen LogP contribution in [0.2, 0.25) is 0 Å². The third-order valence-electron chi connectivity index (χ3n) is 2.32. The fourth-order valence-corrected chi connectivity index (χ4v) is 1.29. The fourth-order valence-electron chi connectivity index (χ4n) is 1.29. The van der Waals surface area contributed by atoms with E-state index in [0.29, 0.717) is 6.61 Å². The van der Waals surface area contributed by atoms with Crippen molar-refractivity contribution in [2.45, 2.75) is 26.1 Å². The Balaban J connectivity index is 4.34. The summed E-state index contributed by atoms with van der Waals surface area (Å²) < 4.78 is 15.1. The van der Waals surface area contributed by atoms with Crippen LogP contribution in [-0.2, 0) is 14.2 Å². The minimum absolute atomic E-state index is 0.0740. The highest BCUT2D eigenvalue weighted by Crippen LogP contribution is 2.23. The molecule has 0 aliphatic rings. The molecule has 0 aromatic rings. The van der Waals surface area contributed by atoms with Gasteiger partial charge in [-0.05, 0) is 6.42 Å². The molecule has 5 heteroatoms. The Morgan fingerprint density at radius 2 is 2.06 bits per heavy atom. The van der Waals surface area contributed by atoms with Gasteiger partial charge in [0.15, 0.2) is 11.7 Å². The molecule has 0 aliphatic carbocycles. The Morgan fingerprint density at radius 3 is 2.50 bits per heavy atom. The van der Waals surface area contributed by atoms with E-state index < -0.39 is 11.7 Å². The molecule has 0 aromatic carbocycles. The van der Waals surface area contributed by atoms with Gasteiger partial charge in [0.1, 0.15) is 0 Å². The highest BCUT2D eigenvalue weighted by molar-refractivity contribution is 5.01. The molecule has 0 fully saturated rings. The van der Waals surface area contributed by atoms with Crippen LogP contribution in [0.25, 0.3) is 0 Å². The van der Waals surface area contributed by atoms with Crippen molar-refractivity contribution < 1.29 is 19.3 Å². The molecule has 0 radical (unpaired) electrons. The first-order valence-corrected chi connectivity index (χ1v) is 5.35. The number of hydrogen-bond donors (Lipinski definition) is 1. The molecule has 94 valence electrons. The van der Waals surface area contributed by atoms with Crippen LogP contribution in [0.3, 0.4) is 0 Å². The molecule has 0 heterocycles. The SMILES string of the molecule is CCCCOCC(C#N)(COC)C(O)OC. The van der Waals surface area contributed by atoms with E-state index >= 15 is 0 Å². The van der Waals surface area contributed by atoms with Crippen molar-refractivity contribution in [3.05, 3.63) is 0 Å². The van der Waals surface area contributed by atoms with Gasteiger partial charge in [0.05, 0.1) is 19.3 Å². The van der Waals surface area contributed by atoms with Crippen LogP contribution in [0.5, 0.6) is 0 Å². The van der Waals surface area contributed by atoms with Crippen molar-refractivity contribution in [1.29, 1.82) is 5.26 Å². The van der Waals surface area contributed by atoms with Crippen molar-refractivity contribution in [2.75, 3.05) is 34.0 Å². The van der Waals surface area contributed by atoms with Crippen LogP contribution >= 0.6 is 0 Å². The summed E-state index contributed by atoms with van der Waals surface area (Å²) in [6.45, 7) is 2.80. The summed E-state index contributed by atoms with van der Waals surface area (Å²) in [5.41, 5.74) is -1.16. The highest BCUT2D eigenvalue weighted by Gasteiger charge is 2.39. The molecule has 16 heavy (non-hydrogen) atoms. The van der Waals surface area contributed by atoms with Gasteiger partial charge < -0.3 is 19.3 Å². The number of ether oxygens (including phenoxy) is 3. The van der Waals surface area contributed by atoms with Gasteiger partial charge in [-0.2, -0.15) is 5.26 Å². The van der Waals surface area contributed by atoms with E-state index in [1.54, 1.807) is 0 Å². The number of unbranched alkanes of at least 4 members (excludes halogenated alkanes) is 1. The Kier molecular flexibility index (Phi) is 8.12. The zero-order chi connectivity index (χ0) is 12.4. The standard InChI is InChI=1S/C11H21NO4/c1-4-5-6-16-9-11(7-12,8-14-2)10(13)15-3/h10,13H,4-6,8-9H2,1-3H3. The van der Waals surface area contributed by atoms with E-state index in [1.165, 1.54) is 14.2 Å². The smallest absolute Gasteiger partial charge is 0.177 e. The number of hydrogen-bond acceptors (Lipinski definition) is 5. The second-order valence-electron chi connectivity index (χ2n) is 3.70. The van der Waals surface area contributed by atoms with Crippen molar-refractivity contribution in [3.8, 4) is 6.07 Å². The Bertz CT molecular complexity index is 217. The van der Waals surface area contributed by atoms with Crippen molar-refractivity contribution in [2.24, 2.45) is 5.41 Å². The van der Waals surface area contributed by atoms with Crippen LogP contribution in [0.15, 0.2) is 0 Å². The van der Waals surface area contributed by atoms with Gasteiger partial charge in [0.25, 0.3) is 0 Å². The first kappa shape index (κ1) is 15.3. The number of methoxy groups -OCH3 is 2. The summed E-state index contributed by atoms with van der Waals surface area (Å²) >= 11 is 0. The number of aliphatic hydroxyl groups excluding tert-OH is 1. The van der Waals surface area contributed by atoms with Crippen molar-refractivity contribution in [1.82, 2.24) is 0 Å². The molecule has 0 rings (SSSR count). The normalized spacial score (nSPS) is 16.4. The monoisotopic (exact) mass is 231 g/mol. The molecular weight excluding hydrogens is 210 g/mol. The molecule has 0 spiro atoms. The molecule has 2 unspecified atom stereocenters. The summed E-state index contributed by atoms with van der Waals surface area (Å²) in [7, 11) is 2.82. The molecule has 5 nitrogen and oxygen atoms in total. The highest BCUT2D eigenvalue weighted by atomic mass is 16.6. The summed E-state index contributed by atoms with van der Waals surface area (Å²) in [5, 5.41) is 18.8. The average Bonchev–Trinajstić information content (AvgIpc) is 2.32. The third kappa shape index (κ3) is 4.45. The first-order valence-electron chi connectivity index (χ1n) is 5.35. The molecular formula is C11H21NO4. The minimum atomic E-state index is -1.21. The lowest BCUT2D eigenvalue weighted by Crippen LogP contribution is -2.43. The van der Waals surface area contributed by atoms with Gasteiger partial charge in [0.2, 0.25) is 0 Å². The second-order valence-corrected chi connectivity index (χ2v) is 3.70. The van der Waals surface area contributed by atoms with Gasteiger partial charge >= 0.3 is 0 Å². The molecule has 2 atom stereocenters. The van der Waals surface area contributed by atoms with E-state index in [1.807, 2.05) is 6.07 Å². The van der Waals surface area contributed by atoms with Gasteiger partial charge in [-0.3, -0.25) is 0 Å². The lowest BCUT2D eigenvalue weighted by molar-refractivity contribution is -0.172. The van der Waals surface area contributed by atoms with Crippen LogP contribution in [0.4, 0.5) is 0 Å². The molecule has 0 bridgehead atoms. The largest absolute Gasteiger partial charge is 0.383 e. The Labute approximate surface area is 96.9 Å². The molecule has 1 N–H and O–H groups in total. The number of nitriles is 1. The second kappa shape index (κ2) is 8.48. The average molecular weight is 231 g/mol. The van der Waals surface area contributed by atoms with Crippen molar-refractivity contribution in [3.63, 3.8) is 0 Å². The number of aliphatic hydroxyl groups is 1. The van der Waals surface area contributed by atoms with Crippen LogP contribution in [0.1, 0.15) is 19.8 Å². The maximum Gasteiger partial charge on any atom is 0.177 e. The molecule has 0 saturated carbocycles. The third-order valence-corrected chi connectivity index (χ3v) is 2.32. The van der Waals surface area contributed by atoms with E-state index in [0.717, 1.165) is 12.8 Å². The lowest BCUT2D eigenvalue weighted by Gasteiger charge is -2.29. The van der Waals surface area contributed by atoms with Gasteiger partial charge in [-0.15, -0.1) is 0 Å². The predicted octanol–water partition coefficient (Wildman–Crippen LogP) is 0.924. The summed E-state index contributed by atoms with van der Waals surface area (Å²) in [5.74, 6) is 0. The van der Waals surface area contributed by atoms with Crippen LogP contribution in [0, 0.1) is 16.7 Å². The van der Waals surface area contributed by atoms with E-state index in [2.05, 4.69) is 6.92 Å². The zero-order valence-electron chi connectivity index (χ0n) is 10.2. The van der Waals surface area contributed by atoms with Gasteiger partial charge in [0, 0.05) is 20.8 Å². The molecule has 0 amide bonds. The van der Waals surface area contributed by atoms with Crippen LogP contribution in [-0.4, -0.2) is 45.4 Å². The predicted molar refractivity (Wildman–Crippen MR) is 58.7 cm³/mol. The summed E-state index contributed by atoms with van der Waals surface area (Å²) in [6, 6.07) is 2.02. The van der Waals surface area contributed by atoms with E-state index in [4.69, 9.17) is 19.5 Å². The minimum Gasteiger partial charge on any atom is -0.383 e. The van der Waals surface area contributed by atoms with E-state index in [9.17, 15) is 5.11 Å². The van der Waals surface area contributed by atoms with Crippen molar-refractivity contribution >= 4 is 0 Å². The molecule has 0 aromatic heterocycles. The quantitative estimate of drug-likeness (QED) is 0.472. The maximum atomic E-state index is 9.65. The molecule has 0 aliphatic heterocycles. The summed E-state index contributed by atoms with van der Waals surface area (Å²) in [4.78, 5) is 0. The van der Waals surface area contributed by atoms with E-state index in [-0.39, 0.29) is 13.2 Å². The Morgan fingerprint density at radius 1 is 1.38 bits per heavy atom. The number of rotatable bonds is 9. The summed E-state index contributed by atoms with van der Waals surface area (Å²) in [6.07, 6.45) is 0.743. The van der Waals surface area contributed by atoms with Gasteiger partial charge in [-0.1, -0.05) is 13.3 Å². The lowest BCUT2D eigenvalue weighted by atomic mass is 9.91. The first-order chi connectivity index (χ1) is 7.66. The van der Waals surface area contributed by atoms with Gasteiger partial charge in [-0.25, -0.2) is 0 Å². The van der Waals surface area contributed by atoms with Crippen LogP contribution < -0.4 is 0 Å². The topological polar surface area (TPSA) is 71.7 Å². The number of nitrogens with zero attached hydrogens (tertiary/aromatic N) is 1. The maximum absolute atomic E-state index is 9.65. The molecule has 0 saturated heterocycles.